The van der Waals surface area contributed by atoms with Gasteiger partial charge in [-0.3, -0.25) is 4.79 Å². The summed E-state index contributed by atoms with van der Waals surface area (Å²) in [5.41, 5.74) is 0.291. The second kappa shape index (κ2) is 7.42. The zero-order chi connectivity index (χ0) is 19.8. The van der Waals surface area contributed by atoms with Crippen molar-refractivity contribution >= 4 is 32.5 Å². The smallest absolute Gasteiger partial charge is 0.200 e. The molecule has 1 unspecified atom stereocenters. The maximum atomic E-state index is 13.0. The summed E-state index contributed by atoms with van der Waals surface area (Å²) in [5, 5.41) is 20.8. The Hall–Kier alpha value is -1.84. The van der Waals surface area contributed by atoms with Crippen molar-refractivity contribution in [2.75, 3.05) is 19.6 Å². The fraction of sp³-hybridized carbons (Fsp3) is 0.412. The average Bonchev–Trinajstić information content (AvgIpc) is 3.37. The highest BCUT2D eigenvalue weighted by molar-refractivity contribution is 7.93. The number of benzene rings is 1. The molecular weight excluding hydrogens is 376 g/mol. The number of carbonyl (C=O) groups excluding carboxylic acids is 1. The van der Waals surface area contributed by atoms with E-state index in [9.17, 15) is 22.9 Å². The van der Waals surface area contributed by atoms with Gasteiger partial charge in [0.2, 0.25) is 5.78 Å². The maximum absolute atomic E-state index is 13.0. The first-order chi connectivity index (χ1) is 12.0. The zero-order valence-corrected chi connectivity index (χ0v) is 16.7. The molecule has 2 rings (SSSR count). The van der Waals surface area contributed by atoms with Gasteiger partial charge in [-0.15, -0.1) is 0 Å². The highest BCUT2D eigenvalue weighted by atomic mass is 32.2. The molecule has 1 aliphatic carbocycles. The number of Topliss-reactive ketones (excluding diaryl/α,β-unsaturated/α-hetero) is 1. The molecule has 0 spiro atoms. The number of nitrogens with one attached hydrogen (secondary N) is 2. The Morgan fingerprint density at radius 2 is 1.96 bits per heavy atom. The molecule has 1 aliphatic rings. The zero-order valence-electron chi connectivity index (χ0n) is 15.0. The van der Waals surface area contributed by atoms with Crippen molar-refractivity contribution in [3.63, 3.8) is 0 Å². The quantitative estimate of drug-likeness (QED) is 0.211. The summed E-state index contributed by atoms with van der Waals surface area (Å²) >= 11 is -1.64. The standard InChI is InChI=1S/C17H22N2O5S2/c1-9-11(7-8-12(26(4,23)24)16(9)25(3)22)15(20)13(17(21)19-2)14(18)10-5-6-10/h7-8,10,18-19,21H,5-6H2,1-4H3/b17-13-,18-14?. The molecule has 0 bridgehead atoms. The topological polar surface area (TPSA) is 130 Å². The van der Waals surface area contributed by atoms with E-state index in [0.717, 1.165) is 19.1 Å². The number of sulfone groups is 1. The average molecular weight is 399 g/mol. The van der Waals surface area contributed by atoms with Crippen LogP contribution >= 0.6 is 0 Å². The van der Waals surface area contributed by atoms with Crippen LogP contribution in [-0.4, -0.2) is 49.1 Å². The molecule has 142 valence electrons. The van der Waals surface area contributed by atoms with E-state index in [0.29, 0.717) is 0 Å². The van der Waals surface area contributed by atoms with E-state index in [2.05, 4.69) is 5.32 Å². The highest BCUT2D eigenvalue weighted by Gasteiger charge is 2.35. The second-order valence-corrected chi connectivity index (χ2v) is 9.58. The van der Waals surface area contributed by atoms with Crippen molar-refractivity contribution in [2.45, 2.75) is 29.6 Å². The molecule has 7 nitrogen and oxygen atoms in total. The summed E-state index contributed by atoms with van der Waals surface area (Å²) in [5.74, 6) is -1.07. The van der Waals surface area contributed by atoms with Gasteiger partial charge in [0.15, 0.2) is 20.6 Å². The fourth-order valence-electron chi connectivity index (χ4n) is 2.76. The molecule has 1 fully saturated rings. The van der Waals surface area contributed by atoms with E-state index in [1.165, 1.54) is 32.4 Å². The van der Waals surface area contributed by atoms with Crippen LogP contribution < -0.4 is 5.32 Å². The Bertz CT molecular complexity index is 900. The first kappa shape index (κ1) is 20.5. The van der Waals surface area contributed by atoms with Gasteiger partial charge in [0, 0.05) is 30.3 Å². The van der Waals surface area contributed by atoms with Crippen molar-refractivity contribution in [1.82, 2.24) is 5.32 Å². The van der Waals surface area contributed by atoms with Crippen LogP contribution in [-0.2, 0) is 21.0 Å². The lowest BCUT2D eigenvalue weighted by Gasteiger charge is -2.16. The second-order valence-electron chi connectivity index (χ2n) is 6.28. The van der Waals surface area contributed by atoms with Crippen LogP contribution in [0.4, 0.5) is 0 Å². The van der Waals surface area contributed by atoms with E-state index in [1.807, 2.05) is 0 Å². The first-order valence-corrected chi connectivity index (χ1v) is 11.4. The number of carbonyl (C=O) groups is 1. The van der Waals surface area contributed by atoms with Crippen molar-refractivity contribution < 1.29 is 22.9 Å². The first-order valence-electron chi connectivity index (χ1n) is 7.92. The van der Waals surface area contributed by atoms with Gasteiger partial charge in [0.1, 0.15) is 16.7 Å². The third-order valence-electron chi connectivity index (χ3n) is 4.26. The maximum Gasteiger partial charge on any atom is 0.200 e. The SMILES string of the molecule is CN/C(O)=C(\C(=N)C1CC1)C(=O)c1ccc(S(C)(=O)=O)c([S+](C)[O-])c1C. The van der Waals surface area contributed by atoms with Gasteiger partial charge in [-0.1, -0.05) is 0 Å². The monoisotopic (exact) mass is 398 g/mol. The van der Waals surface area contributed by atoms with Crippen LogP contribution in [0.5, 0.6) is 0 Å². The van der Waals surface area contributed by atoms with Crippen LogP contribution in [0.3, 0.4) is 0 Å². The summed E-state index contributed by atoms with van der Waals surface area (Å²) in [7, 11) is -2.19. The van der Waals surface area contributed by atoms with Gasteiger partial charge in [-0.2, -0.15) is 0 Å². The predicted molar refractivity (Wildman–Crippen MR) is 100 cm³/mol. The summed E-state index contributed by atoms with van der Waals surface area (Å²) in [6.07, 6.45) is 3.92. The summed E-state index contributed by atoms with van der Waals surface area (Å²) in [6, 6.07) is 2.59. The third-order valence-corrected chi connectivity index (χ3v) is 6.63. The molecule has 0 aliphatic heterocycles. The molecule has 1 atom stereocenters. The number of hydrogen-bond acceptors (Lipinski definition) is 7. The number of hydrogen-bond donors (Lipinski definition) is 3. The Labute approximate surface area is 156 Å². The van der Waals surface area contributed by atoms with Gasteiger partial charge < -0.3 is 20.4 Å². The summed E-state index contributed by atoms with van der Waals surface area (Å²) in [6.45, 7) is 1.52. The fourth-order valence-corrected chi connectivity index (χ4v) is 5.26. The van der Waals surface area contributed by atoms with Gasteiger partial charge >= 0.3 is 0 Å². The molecule has 1 aromatic rings. The van der Waals surface area contributed by atoms with Gasteiger partial charge in [0.05, 0.1) is 5.71 Å². The Morgan fingerprint density at radius 1 is 1.38 bits per heavy atom. The minimum absolute atomic E-state index is 0.0487. The normalized spacial score (nSPS) is 16.7. The number of ketones is 1. The molecule has 9 heteroatoms. The van der Waals surface area contributed by atoms with Gasteiger partial charge in [0.25, 0.3) is 0 Å². The van der Waals surface area contributed by atoms with Crippen LogP contribution in [0.25, 0.3) is 0 Å². The number of allylic oxidation sites excluding steroid dienone is 1. The van der Waals surface area contributed by atoms with E-state index in [4.69, 9.17) is 5.41 Å². The van der Waals surface area contributed by atoms with Crippen molar-refractivity contribution in [1.29, 1.82) is 5.41 Å². The lowest BCUT2D eigenvalue weighted by Crippen LogP contribution is -2.23. The minimum atomic E-state index is -3.62. The summed E-state index contributed by atoms with van der Waals surface area (Å²) < 4.78 is 36.1. The van der Waals surface area contributed by atoms with E-state index in [1.54, 1.807) is 0 Å². The van der Waals surface area contributed by atoms with E-state index < -0.39 is 32.7 Å². The highest BCUT2D eigenvalue weighted by Crippen LogP contribution is 2.35. The molecule has 0 aromatic heterocycles. The predicted octanol–water partition coefficient (Wildman–Crippen LogP) is 1.74. The summed E-state index contributed by atoms with van der Waals surface area (Å²) in [4.78, 5) is 13.0. The van der Waals surface area contributed by atoms with E-state index >= 15 is 0 Å². The minimum Gasteiger partial charge on any atom is -0.612 e. The van der Waals surface area contributed by atoms with Gasteiger partial charge in [-0.25, -0.2) is 8.42 Å². The Kier molecular flexibility index (Phi) is 5.84. The molecule has 0 radical (unpaired) electrons. The lowest BCUT2D eigenvalue weighted by molar-refractivity contribution is 0.103. The molecule has 26 heavy (non-hydrogen) atoms. The van der Waals surface area contributed by atoms with Crippen LogP contribution in [0.15, 0.2) is 33.4 Å². The number of rotatable bonds is 7. The van der Waals surface area contributed by atoms with Crippen molar-refractivity contribution in [3.8, 4) is 0 Å². The molecule has 1 saturated carbocycles. The van der Waals surface area contributed by atoms with Crippen molar-refractivity contribution in [2.24, 2.45) is 5.92 Å². The molecule has 0 heterocycles. The Balaban J connectivity index is 2.65. The molecule has 0 amide bonds. The molecule has 3 N–H and O–H groups in total. The van der Waals surface area contributed by atoms with E-state index in [-0.39, 0.29) is 38.1 Å². The third kappa shape index (κ3) is 3.94. The number of aliphatic hydroxyl groups is 1. The Morgan fingerprint density at radius 3 is 2.38 bits per heavy atom. The molecule has 1 aromatic carbocycles. The van der Waals surface area contributed by atoms with Crippen molar-refractivity contribution in [3.05, 3.63) is 34.7 Å². The number of aliphatic hydroxyl groups excluding tert-OH is 1. The lowest BCUT2D eigenvalue weighted by atomic mass is 9.94. The van der Waals surface area contributed by atoms with Gasteiger partial charge in [-0.05, 0) is 43.1 Å². The van der Waals surface area contributed by atoms with Crippen LogP contribution in [0.1, 0.15) is 28.8 Å². The molecule has 0 saturated heterocycles. The largest absolute Gasteiger partial charge is 0.612 e. The molecular formula is C17H22N2O5S2. The van der Waals surface area contributed by atoms with Crippen LogP contribution in [0.2, 0.25) is 0 Å². The van der Waals surface area contributed by atoms with Crippen LogP contribution in [0, 0.1) is 18.3 Å².